The fourth-order valence-electron chi connectivity index (χ4n) is 4.24. The quantitative estimate of drug-likeness (QED) is 0.391. The molecule has 1 N–H and O–H groups in total. The summed E-state index contributed by atoms with van der Waals surface area (Å²) in [6.07, 6.45) is -5.22. The predicted molar refractivity (Wildman–Crippen MR) is 153 cm³/mol. The molecule has 1 aliphatic heterocycles. The van der Waals surface area contributed by atoms with Gasteiger partial charge in [0.2, 0.25) is 0 Å². The van der Waals surface area contributed by atoms with Crippen molar-refractivity contribution in [3.8, 4) is 0 Å². The molecular weight excluding hydrogens is 651 g/mol. The maximum Gasteiger partial charge on any atom is 0.416 e. The highest BCUT2D eigenvalue weighted by molar-refractivity contribution is 9.10. The molecule has 0 radical (unpaired) electrons. The molecule has 8 nitrogen and oxygen atoms in total. The van der Waals surface area contributed by atoms with Crippen LogP contribution < -0.4 is 5.32 Å². The fourth-order valence-corrected chi connectivity index (χ4v) is 6.14. The number of benzene rings is 2. The smallest absolute Gasteiger partial charge is 0.416 e. The molecule has 0 spiro atoms. The molecule has 0 aromatic heterocycles. The van der Waals surface area contributed by atoms with Crippen LogP contribution in [0.1, 0.15) is 54.7 Å². The van der Waals surface area contributed by atoms with Gasteiger partial charge in [-0.15, -0.1) is 0 Å². The number of carbonyl (C=O) groups excluding carboxylic acids is 2. The average molecular weight is 683 g/mol. The maximum absolute atomic E-state index is 14.1. The van der Waals surface area contributed by atoms with Gasteiger partial charge in [-0.25, -0.2) is 13.2 Å². The molecular formula is C27H32BrClF3N3O5S. The average Bonchev–Trinajstić information content (AvgIpc) is 2.86. The van der Waals surface area contributed by atoms with Crippen LogP contribution in [0.5, 0.6) is 0 Å². The van der Waals surface area contributed by atoms with Crippen molar-refractivity contribution in [1.29, 1.82) is 0 Å². The third-order valence-corrected chi connectivity index (χ3v) is 9.12. The van der Waals surface area contributed by atoms with E-state index >= 15 is 0 Å². The molecule has 2 aromatic carbocycles. The van der Waals surface area contributed by atoms with Gasteiger partial charge in [-0.3, -0.25) is 9.69 Å². The van der Waals surface area contributed by atoms with E-state index in [-0.39, 0.29) is 49.9 Å². The number of hydrogen-bond acceptors (Lipinski definition) is 6. The van der Waals surface area contributed by atoms with Crippen molar-refractivity contribution in [3.05, 3.63) is 62.1 Å². The maximum atomic E-state index is 14.1. The molecule has 0 bridgehead atoms. The van der Waals surface area contributed by atoms with Gasteiger partial charge in [0.1, 0.15) is 5.60 Å². The first-order valence-corrected chi connectivity index (χ1v) is 15.6. The first-order valence-electron chi connectivity index (χ1n) is 12.8. The number of sulfone groups is 1. The highest BCUT2D eigenvalue weighted by Crippen LogP contribution is 2.37. The first kappa shape index (κ1) is 33.2. The molecule has 1 fully saturated rings. The lowest BCUT2D eigenvalue weighted by molar-refractivity contribution is -0.138. The van der Waals surface area contributed by atoms with E-state index in [0.29, 0.717) is 26.2 Å². The Kier molecular flexibility index (Phi) is 10.4. The van der Waals surface area contributed by atoms with Crippen LogP contribution in [0.3, 0.4) is 0 Å². The number of nitrogens with one attached hydrogen (secondary N) is 1. The zero-order chi connectivity index (χ0) is 30.8. The Hall–Kier alpha value is -2.35. The van der Waals surface area contributed by atoms with E-state index in [9.17, 15) is 31.2 Å². The molecule has 0 atom stereocenters. The largest absolute Gasteiger partial charge is 0.444 e. The lowest BCUT2D eigenvalue weighted by atomic mass is 10.0. The topological polar surface area (TPSA) is 96.0 Å². The lowest BCUT2D eigenvalue weighted by Gasteiger charge is -2.36. The highest BCUT2D eigenvalue weighted by Gasteiger charge is 2.36. The van der Waals surface area contributed by atoms with Crippen molar-refractivity contribution in [3.63, 3.8) is 0 Å². The Bertz CT molecular complexity index is 1410. The summed E-state index contributed by atoms with van der Waals surface area (Å²) in [4.78, 5) is 28.5. The molecule has 1 aliphatic rings. The van der Waals surface area contributed by atoms with E-state index in [2.05, 4.69) is 21.2 Å². The van der Waals surface area contributed by atoms with Gasteiger partial charge in [-0.05, 0) is 62.2 Å². The van der Waals surface area contributed by atoms with Gasteiger partial charge in [0, 0.05) is 54.3 Å². The second-order valence-corrected chi connectivity index (χ2v) is 14.1. The van der Waals surface area contributed by atoms with E-state index < -0.39 is 39.2 Å². The number of ether oxygens (including phenoxy) is 1. The number of halogens is 5. The van der Waals surface area contributed by atoms with E-state index in [0.717, 1.165) is 6.07 Å². The van der Waals surface area contributed by atoms with Crippen LogP contribution >= 0.6 is 27.5 Å². The van der Waals surface area contributed by atoms with E-state index in [1.807, 2.05) is 0 Å². The van der Waals surface area contributed by atoms with Crippen LogP contribution in [0, 0.1) is 0 Å². The Morgan fingerprint density at radius 3 is 2.27 bits per heavy atom. The minimum Gasteiger partial charge on any atom is -0.444 e. The van der Waals surface area contributed by atoms with E-state index in [1.54, 1.807) is 25.7 Å². The van der Waals surface area contributed by atoms with Gasteiger partial charge in [0.15, 0.2) is 9.84 Å². The number of hydrogen-bond donors (Lipinski definition) is 1. The number of piperazine rings is 1. The van der Waals surface area contributed by atoms with Crippen molar-refractivity contribution in [2.24, 2.45) is 0 Å². The fraction of sp³-hybridized carbons (Fsp3) is 0.481. The Balaban J connectivity index is 1.78. The molecule has 41 heavy (non-hydrogen) atoms. The van der Waals surface area contributed by atoms with Crippen LogP contribution in [-0.4, -0.2) is 67.8 Å². The Morgan fingerprint density at radius 2 is 1.71 bits per heavy atom. The van der Waals surface area contributed by atoms with Crippen LogP contribution in [-0.2, 0) is 33.8 Å². The van der Waals surface area contributed by atoms with Crippen LogP contribution in [0.15, 0.2) is 39.7 Å². The number of alkyl halides is 3. The van der Waals surface area contributed by atoms with Crippen molar-refractivity contribution >= 4 is 49.4 Å². The summed E-state index contributed by atoms with van der Waals surface area (Å²) in [5, 5.41) is 2.76. The molecule has 226 valence electrons. The predicted octanol–water partition coefficient (Wildman–Crippen LogP) is 5.90. The number of nitrogens with zero attached hydrogens (tertiary/aromatic N) is 2. The zero-order valence-corrected chi connectivity index (χ0v) is 26.2. The van der Waals surface area contributed by atoms with Gasteiger partial charge < -0.3 is 15.0 Å². The summed E-state index contributed by atoms with van der Waals surface area (Å²) in [7, 11) is -3.63. The Morgan fingerprint density at radius 1 is 1.07 bits per heavy atom. The Labute approximate surface area is 251 Å². The van der Waals surface area contributed by atoms with E-state index in [1.165, 1.54) is 36.1 Å². The second kappa shape index (κ2) is 12.9. The number of rotatable bonds is 7. The van der Waals surface area contributed by atoms with Gasteiger partial charge >= 0.3 is 12.3 Å². The van der Waals surface area contributed by atoms with Gasteiger partial charge in [0.05, 0.1) is 16.2 Å². The standard InChI is InChI=1S/C27H32BrClF3N3O5S/c1-5-41(38,39)23-7-6-19(29)12-18(23)15-33-24(36)17-13-21(27(30,31)32)20(22(28)14-17)16-34-8-10-35(11-9-34)25(37)40-26(2,3)4/h6-7,12-14H,5,8-11,15-16H2,1-4H3,(H,33,36). The summed E-state index contributed by atoms with van der Waals surface area (Å²) < 4.78 is 72.8. The first-order chi connectivity index (χ1) is 18.9. The van der Waals surface area contributed by atoms with Gasteiger partial charge in [-0.1, -0.05) is 34.5 Å². The van der Waals surface area contributed by atoms with Crippen LogP contribution in [0.2, 0.25) is 5.02 Å². The molecule has 0 unspecified atom stereocenters. The number of amides is 2. The van der Waals surface area contributed by atoms with Crippen molar-refractivity contribution in [1.82, 2.24) is 15.1 Å². The van der Waals surface area contributed by atoms with Gasteiger partial charge in [0.25, 0.3) is 5.91 Å². The summed E-state index contributed by atoms with van der Waals surface area (Å²) >= 11 is 9.23. The van der Waals surface area contributed by atoms with Gasteiger partial charge in [-0.2, -0.15) is 13.2 Å². The highest BCUT2D eigenvalue weighted by atomic mass is 79.9. The molecule has 0 aliphatic carbocycles. The summed E-state index contributed by atoms with van der Waals surface area (Å²) in [5.74, 6) is -0.983. The monoisotopic (exact) mass is 681 g/mol. The third-order valence-electron chi connectivity index (χ3n) is 6.35. The second-order valence-electron chi connectivity index (χ2n) is 10.6. The minimum absolute atomic E-state index is 0.0102. The molecule has 0 saturated carbocycles. The molecule has 3 rings (SSSR count). The summed E-state index contributed by atoms with van der Waals surface area (Å²) in [6, 6.07) is 6.24. The van der Waals surface area contributed by atoms with Crippen LogP contribution in [0.25, 0.3) is 0 Å². The zero-order valence-electron chi connectivity index (χ0n) is 23.1. The van der Waals surface area contributed by atoms with Crippen molar-refractivity contribution in [2.45, 2.75) is 57.5 Å². The van der Waals surface area contributed by atoms with Crippen molar-refractivity contribution in [2.75, 3.05) is 31.9 Å². The SMILES string of the molecule is CCS(=O)(=O)c1ccc(Cl)cc1CNC(=O)c1cc(Br)c(CN2CCN(C(=O)OC(C)(C)C)CC2)c(C(F)(F)F)c1. The third kappa shape index (κ3) is 8.82. The molecule has 2 aromatic rings. The summed E-state index contributed by atoms with van der Waals surface area (Å²) in [5.41, 5.74) is -1.68. The van der Waals surface area contributed by atoms with E-state index in [4.69, 9.17) is 16.3 Å². The number of carbonyl (C=O) groups is 2. The molecule has 1 heterocycles. The van der Waals surface area contributed by atoms with Crippen LogP contribution in [0.4, 0.5) is 18.0 Å². The summed E-state index contributed by atoms with van der Waals surface area (Å²) in [6.45, 7) is 7.72. The molecule has 2 amide bonds. The van der Waals surface area contributed by atoms with Crippen molar-refractivity contribution < 1.29 is 35.9 Å². The molecule has 14 heteroatoms. The lowest BCUT2D eigenvalue weighted by Crippen LogP contribution is -2.49. The normalized spacial score (nSPS) is 15.1. The molecule has 1 saturated heterocycles. The minimum atomic E-state index is -4.75.